The SMILES string of the molecule is C=C(Br)C[C@@H](NC(=O)c1ccc(C(F)(F)F)cc1)C(N)=O. The van der Waals surface area contributed by atoms with Crippen molar-refractivity contribution in [2.24, 2.45) is 5.73 Å². The zero-order valence-electron chi connectivity index (χ0n) is 10.7. The maximum atomic E-state index is 12.4. The number of benzene rings is 1. The van der Waals surface area contributed by atoms with Crippen molar-refractivity contribution in [3.05, 3.63) is 46.5 Å². The van der Waals surface area contributed by atoms with Gasteiger partial charge in [-0.15, -0.1) is 0 Å². The van der Waals surface area contributed by atoms with Crippen molar-refractivity contribution in [2.45, 2.75) is 18.6 Å². The topological polar surface area (TPSA) is 72.2 Å². The van der Waals surface area contributed by atoms with Crippen LogP contribution in [0.2, 0.25) is 0 Å². The summed E-state index contributed by atoms with van der Waals surface area (Å²) in [7, 11) is 0. The van der Waals surface area contributed by atoms with Gasteiger partial charge in [-0.2, -0.15) is 13.2 Å². The summed E-state index contributed by atoms with van der Waals surface area (Å²) < 4.78 is 37.7. The van der Waals surface area contributed by atoms with Crippen molar-refractivity contribution in [1.29, 1.82) is 0 Å². The molecule has 0 fully saturated rings. The Morgan fingerprint density at radius 3 is 2.19 bits per heavy atom. The number of alkyl halides is 3. The van der Waals surface area contributed by atoms with Gasteiger partial charge in [0.1, 0.15) is 6.04 Å². The summed E-state index contributed by atoms with van der Waals surface area (Å²) in [6.07, 6.45) is -4.39. The molecule has 114 valence electrons. The van der Waals surface area contributed by atoms with Crippen LogP contribution in [0.25, 0.3) is 0 Å². The second-order valence-corrected chi connectivity index (χ2v) is 5.35. The van der Waals surface area contributed by atoms with Gasteiger partial charge in [0.2, 0.25) is 5.91 Å². The van der Waals surface area contributed by atoms with Gasteiger partial charge < -0.3 is 11.1 Å². The van der Waals surface area contributed by atoms with Gasteiger partial charge >= 0.3 is 6.18 Å². The quantitative estimate of drug-likeness (QED) is 0.842. The van der Waals surface area contributed by atoms with E-state index in [1.54, 1.807) is 0 Å². The summed E-state index contributed by atoms with van der Waals surface area (Å²) in [6, 6.07) is 2.64. The molecule has 0 heterocycles. The summed E-state index contributed by atoms with van der Waals surface area (Å²) >= 11 is 3.04. The van der Waals surface area contributed by atoms with Crippen molar-refractivity contribution in [3.8, 4) is 0 Å². The number of nitrogens with one attached hydrogen (secondary N) is 1. The van der Waals surface area contributed by atoms with Crippen molar-refractivity contribution in [1.82, 2.24) is 5.32 Å². The van der Waals surface area contributed by atoms with Gasteiger partial charge in [-0.25, -0.2) is 0 Å². The predicted molar refractivity (Wildman–Crippen MR) is 74.6 cm³/mol. The molecule has 1 atom stereocenters. The molecule has 1 rings (SSSR count). The highest BCUT2D eigenvalue weighted by atomic mass is 79.9. The molecule has 0 aromatic heterocycles. The molecular formula is C13H12BrF3N2O2. The number of rotatable bonds is 5. The fourth-order valence-corrected chi connectivity index (χ4v) is 1.82. The molecule has 0 aliphatic rings. The largest absolute Gasteiger partial charge is 0.416 e. The van der Waals surface area contributed by atoms with E-state index >= 15 is 0 Å². The molecular weight excluding hydrogens is 353 g/mol. The highest BCUT2D eigenvalue weighted by molar-refractivity contribution is 9.11. The molecule has 3 N–H and O–H groups in total. The van der Waals surface area contributed by atoms with Crippen LogP contribution in [0.3, 0.4) is 0 Å². The molecule has 1 aromatic carbocycles. The second-order valence-electron chi connectivity index (χ2n) is 4.22. The first-order valence-corrected chi connectivity index (χ1v) is 6.51. The van der Waals surface area contributed by atoms with Gasteiger partial charge in [-0.3, -0.25) is 9.59 Å². The number of carbonyl (C=O) groups excluding carboxylic acids is 2. The molecule has 2 amide bonds. The van der Waals surface area contributed by atoms with Gasteiger partial charge in [0, 0.05) is 12.0 Å². The molecule has 0 radical (unpaired) electrons. The third kappa shape index (κ3) is 5.22. The van der Waals surface area contributed by atoms with Gasteiger partial charge in [0.25, 0.3) is 5.91 Å². The van der Waals surface area contributed by atoms with Crippen LogP contribution >= 0.6 is 15.9 Å². The Balaban J connectivity index is 2.83. The van der Waals surface area contributed by atoms with Crippen LogP contribution in [0, 0.1) is 0 Å². The van der Waals surface area contributed by atoms with E-state index in [0.29, 0.717) is 4.48 Å². The Bertz CT molecular complexity index is 556. The number of nitrogens with two attached hydrogens (primary N) is 1. The average molecular weight is 365 g/mol. The van der Waals surface area contributed by atoms with E-state index in [2.05, 4.69) is 27.8 Å². The third-order valence-electron chi connectivity index (χ3n) is 2.55. The molecule has 0 spiro atoms. The average Bonchev–Trinajstić information content (AvgIpc) is 2.36. The first kappa shape index (κ1) is 17.2. The van der Waals surface area contributed by atoms with Crippen molar-refractivity contribution >= 4 is 27.7 Å². The van der Waals surface area contributed by atoms with E-state index in [1.807, 2.05) is 0 Å². The Hall–Kier alpha value is -1.83. The molecule has 0 saturated heterocycles. The van der Waals surface area contributed by atoms with E-state index in [1.165, 1.54) is 0 Å². The molecule has 0 bridgehead atoms. The lowest BCUT2D eigenvalue weighted by molar-refractivity contribution is -0.137. The number of primary amides is 1. The zero-order chi connectivity index (χ0) is 16.2. The van der Waals surface area contributed by atoms with Crippen LogP contribution in [-0.2, 0) is 11.0 Å². The van der Waals surface area contributed by atoms with E-state index in [4.69, 9.17) is 5.73 Å². The molecule has 0 aliphatic heterocycles. The molecule has 4 nitrogen and oxygen atoms in total. The van der Waals surface area contributed by atoms with Gasteiger partial charge in [-0.1, -0.05) is 22.5 Å². The number of amides is 2. The molecule has 0 saturated carbocycles. The second kappa shape index (κ2) is 6.75. The smallest absolute Gasteiger partial charge is 0.368 e. The number of carbonyl (C=O) groups is 2. The van der Waals surface area contributed by atoms with Crippen LogP contribution in [0.5, 0.6) is 0 Å². The van der Waals surface area contributed by atoms with E-state index in [9.17, 15) is 22.8 Å². The summed E-state index contributed by atoms with van der Waals surface area (Å²) in [4.78, 5) is 23.0. The standard InChI is InChI=1S/C13H12BrF3N2O2/c1-7(14)6-10(11(18)20)19-12(21)8-2-4-9(5-3-8)13(15,16)17/h2-5,10H,1,6H2,(H2,18,20)(H,19,21)/t10-/m1/s1. The number of hydrogen-bond acceptors (Lipinski definition) is 2. The Morgan fingerprint density at radius 1 is 1.29 bits per heavy atom. The lowest BCUT2D eigenvalue weighted by Crippen LogP contribution is -2.44. The Labute approximate surface area is 127 Å². The summed E-state index contributed by atoms with van der Waals surface area (Å²) in [5.41, 5.74) is 4.26. The fraction of sp³-hybridized carbons (Fsp3) is 0.231. The maximum Gasteiger partial charge on any atom is 0.416 e. The van der Waals surface area contributed by atoms with Gasteiger partial charge in [0.05, 0.1) is 5.56 Å². The molecule has 1 aromatic rings. The predicted octanol–water partition coefficient (Wildman–Crippen LogP) is 2.59. The van der Waals surface area contributed by atoms with E-state index < -0.39 is 29.6 Å². The van der Waals surface area contributed by atoms with E-state index in [0.717, 1.165) is 24.3 Å². The first-order chi connectivity index (χ1) is 9.61. The van der Waals surface area contributed by atoms with Crippen LogP contribution in [0.4, 0.5) is 13.2 Å². The molecule has 8 heteroatoms. The minimum atomic E-state index is -4.47. The lowest BCUT2D eigenvalue weighted by atomic mass is 10.1. The van der Waals surface area contributed by atoms with Crippen molar-refractivity contribution in [3.63, 3.8) is 0 Å². The van der Waals surface area contributed by atoms with Gasteiger partial charge in [0.15, 0.2) is 0 Å². The molecule has 0 unspecified atom stereocenters. The van der Waals surface area contributed by atoms with Crippen molar-refractivity contribution in [2.75, 3.05) is 0 Å². The highest BCUT2D eigenvalue weighted by Crippen LogP contribution is 2.29. The third-order valence-corrected chi connectivity index (χ3v) is 2.87. The van der Waals surface area contributed by atoms with Crippen LogP contribution in [-0.4, -0.2) is 17.9 Å². The molecule has 0 aliphatic carbocycles. The Morgan fingerprint density at radius 2 is 1.81 bits per heavy atom. The lowest BCUT2D eigenvalue weighted by Gasteiger charge is -2.15. The highest BCUT2D eigenvalue weighted by Gasteiger charge is 2.30. The van der Waals surface area contributed by atoms with Crippen LogP contribution in [0.15, 0.2) is 35.3 Å². The van der Waals surface area contributed by atoms with Gasteiger partial charge in [-0.05, 0) is 28.7 Å². The minimum absolute atomic E-state index is 0.00515. The number of halogens is 4. The number of hydrogen-bond donors (Lipinski definition) is 2. The van der Waals surface area contributed by atoms with E-state index in [-0.39, 0.29) is 12.0 Å². The normalized spacial score (nSPS) is 12.6. The Kier molecular flexibility index (Phi) is 5.54. The fourth-order valence-electron chi connectivity index (χ4n) is 1.50. The summed E-state index contributed by atoms with van der Waals surface area (Å²) in [6.45, 7) is 3.53. The monoisotopic (exact) mass is 364 g/mol. The minimum Gasteiger partial charge on any atom is -0.368 e. The zero-order valence-corrected chi connectivity index (χ0v) is 12.3. The maximum absolute atomic E-state index is 12.4. The van der Waals surface area contributed by atoms with Crippen LogP contribution < -0.4 is 11.1 Å². The summed E-state index contributed by atoms with van der Waals surface area (Å²) in [5, 5.41) is 2.34. The van der Waals surface area contributed by atoms with Crippen LogP contribution in [0.1, 0.15) is 22.3 Å². The first-order valence-electron chi connectivity index (χ1n) is 5.72. The summed E-state index contributed by atoms with van der Waals surface area (Å²) in [5.74, 6) is -1.46. The van der Waals surface area contributed by atoms with Crippen molar-refractivity contribution < 1.29 is 22.8 Å². The molecule has 21 heavy (non-hydrogen) atoms.